The minimum absolute atomic E-state index is 0.0411. The Labute approximate surface area is 203 Å². The maximum atomic E-state index is 13.1. The molecule has 1 atom stereocenters. The van der Waals surface area contributed by atoms with Crippen LogP contribution in [0.2, 0.25) is 0 Å². The average Bonchev–Trinajstić information content (AvgIpc) is 3.63. The molecule has 180 valence electrons. The van der Waals surface area contributed by atoms with E-state index in [1.165, 1.54) is 5.69 Å². The Bertz CT molecular complexity index is 1020. The first-order chi connectivity index (χ1) is 16.4. The number of nitriles is 1. The number of hydrogen-bond acceptors (Lipinski definition) is 5. The summed E-state index contributed by atoms with van der Waals surface area (Å²) in [6, 6.07) is 19.2. The van der Waals surface area contributed by atoms with Gasteiger partial charge in [-0.3, -0.25) is 9.69 Å². The van der Waals surface area contributed by atoms with Crippen molar-refractivity contribution >= 4 is 11.6 Å². The monoisotopic (exact) mass is 460 g/mol. The Hall–Kier alpha value is -2.88. The molecule has 2 N–H and O–H groups in total. The summed E-state index contributed by atoms with van der Waals surface area (Å²) in [5.41, 5.74) is 3.79. The topological polar surface area (TPSA) is 79.6 Å². The van der Waals surface area contributed by atoms with Gasteiger partial charge >= 0.3 is 0 Å². The molecule has 0 spiro atoms. The van der Waals surface area contributed by atoms with Crippen molar-refractivity contribution in [1.29, 1.82) is 5.26 Å². The summed E-state index contributed by atoms with van der Waals surface area (Å²) in [7, 11) is 0. The van der Waals surface area contributed by atoms with Gasteiger partial charge in [0, 0.05) is 38.4 Å². The molecule has 2 fully saturated rings. The second-order valence-electron chi connectivity index (χ2n) is 10.1. The highest BCUT2D eigenvalue weighted by Crippen LogP contribution is 2.36. The first-order valence-electron chi connectivity index (χ1n) is 12.4. The fourth-order valence-electron chi connectivity index (χ4n) is 4.75. The summed E-state index contributed by atoms with van der Waals surface area (Å²) in [5, 5.41) is 21.6. The smallest absolute Gasteiger partial charge is 0.228 e. The number of hydrogen-bond donors (Lipinski definition) is 2. The van der Waals surface area contributed by atoms with E-state index < -0.39 is 5.54 Å². The van der Waals surface area contributed by atoms with Crippen molar-refractivity contribution in [2.24, 2.45) is 5.92 Å². The molecule has 2 aliphatic rings. The van der Waals surface area contributed by atoms with Crippen LogP contribution < -0.4 is 10.2 Å². The maximum absolute atomic E-state index is 13.1. The quantitative estimate of drug-likeness (QED) is 0.596. The highest BCUT2D eigenvalue weighted by Gasteiger charge is 2.45. The highest BCUT2D eigenvalue weighted by molar-refractivity contribution is 5.85. The number of aliphatic hydroxyl groups is 1. The zero-order valence-corrected chi connectivity index (χ0v) is 20.3. The molecule has 1 aliphatic heterocycles. The van der Waals surface area contributed by atoms with Crippen molar-refractivity contribution < 1.29 is 9.90 Å². The number of carbonyl (C=O) groups excluding carboxylic acids is 1. The third kappa shape index (κ3) is 5.78. The maximum Gasteiger partial charge on any atom is 0.228 e. The largest absolute Gasteiger partial charge is 0.395 e. The molecule has 1 saturated carbocycles. The van der Waals surface area contributed by atoms with E-state index in [0.717, 1.165) is 68.7 Å². The van der Waals surface area contributed by atoms with Crippen LogP contribution in [-0.4, -0.2) is 60.8 Å². The van der Waals surface area contributed by atoms with Crippen LogP contribution in [0.3, 0.4) is 0 Å². The van der Waals surface area contributed by atoms with Crippen molar-refractivity contribution in [2.45, 2.75) is 44.6 Å². The van der Waals surface area contributed by atoms with Crippen molar-refractivity contribution in [3.05, 3.63) is 54.1 Å². The molecule has 0 aromatic heterocycles. The molecule has 2 aromatic carbocycles. The second-order valence-corrected chi connectivity index (χ2v) is 10.1. The molecule has 1 heterocycles. The predicted octanol–water partition coefficient (Wildman–Crippen LogP) is 3.77. The Morgan fingerprint density at radius 3 is 2.38 bits per heavy atom. The standard InChI is InChI=1S/C28H36N4O2/c1-21(2)18-26(27(34)30-28(20-29)10-11-28)24-5-3-4-23(19-24)22-6-8-25(9-7-22)32-14-12-31(13-15-32)16-17-33/h3-9,19,21,26,33H,10-18H2,1-2H3,(H,30,34). The molecule has 0 bridgehead atoms. The van der Waals surface area contributed by atoms with Gasteiger partial charge in [0.15, 0.2) is 0 Å². The predicted molar refractivity (Wildman–Crippen MR) is 136 cm³/mol. The number of aliphatic hydroxyl groups excluding tert-OH is 1. The third-order valence-corrected chi connectivity index (χ3v) is 6.99. The normalized spacial score (nSPS) is 18.4. The summed E-state index contributed by atoms with van der Waals surface area (Å²) in [4.78, 5) is 17.8. The molecule has 1 aliphatic carbocycles. The fourth-order valence-corrected chi connectivity index (χ4v) is 4.75. The Balaban J connectivity index is 1.48. The summed E-state index contributed by atoms with van der Waals surface area (Å²) in [5.74, 6) is 0.0645. The van der Waals surface area contributed by atoms with Gasteiger partial charge in [0.25, 0.3) is 0 Å². The van der Waals surface area contributed by atoms with Gasteiger partial charge in [0.2, 0.25) is 5.91 Å². The Kier molecular flexibility index (Phi) is 7.55. The van der Waals surface area contributed by atoms with Crippen molar-refractivity contribution in [1.82, 2.24) is 10.2 Å². The molecule has 1 amide bonds. The van der Waals surface area contributed by atoms with E-state index in [0.29, 0.717) is 5.92 Å². The van der Waals surface area contributed by atoms with E-state index in [1.807, 2.05) is 12.1 Å². The molecule has 0 radical (unpaired) electrons. The average molecular weight is 461 g/mol. The Morgan fingerprint density at radius 1 is 1.09 bits per heavy atom. The molecular formula is C28H36N4O2. The number of amides is 1. The summed E-state index contributed by atoms with van der Waals surface area (Å²) in [6.07, 6.45) is 2.23. The van der Waals surface area contributed by atoms with Crippen LogP contribution in [-0.2, 0) is 4.79 Å². The van der Waals surface area contributed by atoms with Crippen LogP contribution in [0.15, 0.2) is 48.5 Å². The number of nitrogens with zero attached hydrogens (tertiary/aromatic N) is 3. The number of nitrogens with one attached hydrogen (secondary N) is 1. The van der Waals surface area contributed by atoms with E-state index in [4.69, 9.17) is 5.11 Å². The van der Waals surface area contributed by atoms with Crippen LogP contribution in [0.25, 0.3) is 11.1 Å². The zero-order valence-electron chi connectivity index (χ0n) is 20.3. The zero-order chi connectivity index (χ0) is 24.1. The third-order valence-electron chi connectivity index (χ3n) is 6.99. The van der Waals surface area contributed by atoms with Crippen LogP contribution in [0.4, 0.5) is 5.69 Å². The lowest BCUT2D eigenvalue weighted by Gasteiger charge is -2.35. The van der Waals surface area contributed by atoms with E-state index in [9.17, 15) is 10.1 Å². The molecule has 4 rings (SSSR count). The fraction of sp³-hybridized carbons (Fsp3) is 0.500. The summed E-state index contributed by atoms with van der Waals surface area (Å²) < 4.78 is 0. The first-order valence-corrected chi connectivity index (χ1v) is 12.4. The lowest BCUT2D eigenvalue weighted by atomic mass is 9.87. The van der Waals surface area contributed by atoms with E-state index in [-0.39, 0.29) is 18.4 Å². The summed E-state index contributed by atoms with van der Waals surface area (Å²) in [6.45, 7) is 9.08. The molecule has 6 heteroatoms. The van der Waals surface area contributed by atoms with Gasteiger partial charge in [-0.1, -0.05) is 50.2 Å². The van der Waals surface area contributed by atoms with E-state index in [2.05, 4.69) is 71.4 Å². The number of β-amino-alcohol motifs (C(OH)–C–C–N with tert-alkyl or cyclic N) is 1. The van der Waals surface area contributed by atoms with E-state index in [1.54, 1.807) is 0 Å². The van der Waals surface area contributed by atoms with Gasteiger partial charge < -0.3 is 15.3 Å². The summed E-state index contributed by atoms with van der Waals surface area (Å²) >= 11 is 0. The second kappa shape index (κ2) is 10.6. The van der Waals surface area contributed by atoms with Crippen LogP contribution >= 0.6 is 0 Å². The number of anilines is 1. The SMILES string of the molecule is CC(C)CC(C(=O)NC1(C#N)CC1)c1cccc(-c2ccc(N3CCN(CCO)CC3)cc2)c1. The van der Waals surface area contributed by atoms with Crippen molar-refractivity contribution in [3.63, 3.8) is 0 Å². The van der Waals surface area contributed by atoms with Gasteiger partial charge in [-0.2, -0.15) is 5.26 Å². The highest BCUT2D eigenvalue weighted by atomic mass is 16.3. The molecular weight excluding hydrogens is 424 g/mol. The van der Waals surface area contributed by atoms with Crippen molar-refractivity contribution in [2.75, 3.05) is 44.2 Å². The molecule has 1 unspecified atom stereocenters. The minimum Gasteiger partial charge on any atom is -0.395 e. The minimum atomic E-state index is -0.649. The van der Waals surface area contributed by atoms with Gasteiger partial charge in [-0.15, -0.1) is 0 Å². The molecule has 6 nitrogen and oxygen atoms in total. The number of benzene rings is 2. The van der Waals surface area contributed by atoms with Gasteiger partial charge in [-0.05, 0) is 54.0 Å². The lowest BCUT2D eigenvalue weighted by molar-refractivity contribution is -0.123. The number of carbonyl (C=O) groups is 1. The first kappa shape index (κ1) is 24.3. The molecule has 34 heavy (non-hydrogen) atoms. The molecule has 1 saturated heterocycles. The van der Waals surface area contributed by atoms with Crippen LogP contribution in [0, 0.1) is 17.2 Å². The number of rotatable bonds is 9. The van der Waals surface area contributed by atoms with Gasteiger partial charge in [0.1, 0.15) is 5.54 Å². The lowest BCUT2D eigenvalue weighted by Crippen LogP contribution is -2.47. The number of piperazine rings is 1. The van der Waals surface area contributed by atoms with Crippen molar-refractivity contribution in [3.8, 4) is 17.2 Å². The molecule has 2 aromatic rings. The van der Waals surface area contributed by atoms with E-state index >= 15 is 0 Å². The van der Waals surface area contributed by atoms with Crippen LogP contribution in [0.1, 0.15) is 44.6 Å². The van der Waals surface area contributed by atoms with Crippen LogP contribution in [0.5, 0.6) is 0 Å². The van der Waals surface area contributed by atoms with Gasteiger partial charge in [-0.25, -0.2) is 0 Å². The Morgan fingerprint density at radius 2 is 1.79 bits per heavy atom. The van der Waals surface area contributed by atoms with Gasteiger partial charge in [0.05, 0.1) is 18.6 Å².